The summed E-state index contributed by atoms with van der Waals surface area (Å²) in [5.74, 6) is -0.151. The van der Waals surface area contributed by atoms with Crippen molar-refractivity contribution in [3.63, 3.8) is 0 Å². The molecule has 8 nitrogen and oxygen atoms in total. The van der Waals surface area contributed by atoms with Gasteiger partial charge in [0.05, 0.1) is 26.4 Å². The normalized spacial score (nSPS) is 10.8. The Kier molecular flexibility index (Phi) is 16.6. The lowest BCUT2D eigenvalue weighted by atomic mass is 10.4. The number of hydroxylamine groups is 1. The topological polar surface area (TPSA) is 104 Å². The number of hydrogen-bond acceptors (Lipinski definition) is 7. The first-order chi connectivity index (χ1) is 10.3. The second-order valence-electron chi connectivity index (χ2n) is 4.18. The molecule has 0 aliphatic heterocycles. The minimum atomic E-state index is -0.151. The lowest BCUT2D eigenvalue weighted by Gasteiger charge is -2.07. The van der Waals surface area contributed by atoms with Gasteiger partial charge in [0.1, 0.15) is 6.61 Å². The molecule has 0 aliphatic carbocycles. The highest BCUT2D eigenvalue weighted by atomic mass is 16.6. The van der Waals surface area contributed by atoms with Gasteiger partial charge >= 0.3 is 0 Å². The maximum Gasteiger partial charge on any atom is 0.248 e. The first kappa shape index (κ1) is 20.2. The SMILES string of the molecule is CNOCC(=O)NCCCOCCOCCOCCCN. The number of nitrogens with one attached hydrogen (secondary N) is 2. The van der Waals surface area contributed by atoms with E-state index in [4.69, 9.17) is 24.8 Å². The summed E-state index contributed by atoms with van der Waals surface area (Å²) in [7, 11) is 1.61. The fraction of sp³-hybridized carbons (Fsp3) is 0.923. The van der Waals surface area contributed by atoms with Crippen LogP contribution in [0.25, 0.3) is 0 Å². The van der Waals surface area contributed by atoms with E-state index in [2.05, 4.69) is 10.8 Å². The molecular weight excluding hydrogens is 278 g/mol. The molecule has 0 atom stereocenters. The van der Waals surface area contributed by atoms with E-state index in [1.807, 2.05) is 0 Å². The van der Waals surface area contributed by atoms with Gasteiger partial charge in [0.25, 0.3) is 0 Å². The van der Waals surface area contributed by atoms with Crippen LogP contribution in [0, 0.1) is 0 Å². The monoisotopic (exact) mass is 307 g/mol. The molecule has 0 fully saturated rings. The highest BCUT2D eigenvalue weighted by Crippen LogP contribution is 1.85. The van der Waals surface area contributed by atoms with Crippen molar-refractivity contribution in [2.45, 2.75) is 12.8 Å². The molecule has 0 aliphatic rings. The molecule has 0 rings (SSSR count). The average Bonchev–Trinajstić information content (AvgIpc) is 2.49. The Morgan fingerprint density at radius 1 is 0.952 bits per heavy atom. The second kappa shape index (κ2) is 17.3. The molecule has 0 radical (unpaired) electrons. The third-order valence-corrected chi connectivity index (χ3v) is 2.37. The lowest BCUT2D eigenvalue weighted by molar-refractivity contribution is -0.127. The minimum absolute atomic E-state index is 0.0124. The highest BCUT2D eigenvalue weighted by molar-refractivity contribution is 5.77. The molecule has 1 amide bonds. The molecular formula is C13H29N3O5. The summed E-state index contributed by atoms with van der Waals surface area (Å²) in [6.07, 6.45) is 1.63. The summed E-state index contributed by atoms with van der Waals surface area (Å²) in [5.41, 5.74) is 7.77. The standard InChI is InChI=1S/C13H29N3O5/c1-15-21-12-13(17)16-5-3-7-19-9-11-20-10-8-18-6-2-4-14/h15H,2-12,14H2,1H3,(H,16,17). The Bertz CT molecular complexity index is 232. The molecule has 0 aromatic heterocycles. The Hall–Kier alpha value is -0.770. The van der Waals surface area contributed by atoms with E-state index in [-0.39, 0.29) is 12.5 Å². The molecule has 0 aromatic rings. The van der Waals surface area contributed by atoms with Crippen molar-refractivity contribution in [2.75, 3.05) is 66.4 Å². The van der Waals surface area contributed by atoms with Crippen LogP contribution < -0.4 is 16.5 Å². The van der Waals surface area contributed by atoms with Gasteiger partial charge in [-0.3, -0.25) is 9.63 Å². The van der Waals surface area contributed by atoms with Crippen LogP contribution in [0.1, 0.15) is 12.8 Å². The molecule has 126 valence electrons. The molecule has 21 heavy (non-hydrogen) atoms. The fourth-order valence-corrected chi connectivity index (χ4v) is 1.32. The zero-order valence-corrected chi connectivity index (χ0v) is 12.9. The number of hydrogen-bond donors (Lipinski definition) is 3. The molecule has 4 N–H and O–H groups in total. The predicted molar refractivity (Wildman–Crippen MR) is 78.8 cm³/mol. The van der Waals surface area contributed by atoms with Gasteiger partial charge in [0, 0.05) is 26.8 Å². The van der Waals surface area contributed by atoms with Gasteiger partial charge in [-0.1, -0.05) is 0 Å². The quantitative estimate of drug-likeness (QED) is 0.249. The molecule has 0 aromatic carbocycles. The summed E-state index contributed by atoms with van der Waals surface area (Å²) in [4.78, 5) is 15.9. The van der Waals surface area contributed by atoms with Crippen LogP contribution in [0.3, 0.4) is 0 Å². The minimum Gasteiger partial charge on any atom is -0.379 e. The summed E-state index contributed by atoms with van der Waals surface area (Å²) >= 11 is 0. The van der Waals surface area contributed by atoms with Gasteiger partial charge in [-0.2, -0.15) is 0 Å². The summed E-state index contributed by atoms with van der Waals surface area (Å²) in [5, 5.41) is 2.71. The van der Waals surface area contributed by atoms with E-state index >= 15 is 0 Å². The maximum atomic E-state index is 11.1. The third-order valence-electron chi connectivity index (χ3n) is 2.37. The van der Waals surface area contributed by atoms with E-state index < -0.39 is 0 Å². The van der Waals surface area contributed by atoms with Crippen LogP contribution in [0.5, 0.6) is 0 Å². The van der Waals surface area contributed by atoms with Crippen LogP contribution in [0.15, 0.2) is 0 Å². The van der Waals surface area contributed by atoms with Crippen molar-refractivity contribution < 1.29 is 23.8 Å². The Labute approximate surface area is 126 Å². The maximum absolute atomic E-state index is 11.1. The molecule has 0 spiro atoms. The molecule has 0 bridgehead atoms. The van der Waals surface area contributed by atoms with E-state index in [1.54, 1.807) is 7.05 Å². The number of nitrogens with two attached hydrogens (primary N) is 1. The van der Waals surface area contributed by atoms with E-state index in [0.717, 1.165) is 12.8 Å². The summed E-state index contributed by atoms with van der Waals surface area (Å²) < 4.78 is 16.0. The van der Waals surface area contributed by atoms with Gasteiger partial charge in [-0.15, -0.1) is 0 Å². The summed E-state index contributed by atoms with van der Waals surface area (Å²) in [6, 6.07) is 0. The van der Waals surface area contributed by atoms with E-state index in [9.17, 15) is 4.79 Å². The number of rotatable bonds is 16. The van der Waals surface area contributed by atoms with Gasteiger partial charge in [0.15, 0.2) is 0 Å². The van der Waals surface area contributed by atoms with Crippen LogP contribution >= 0.6 is 0 Å². The number of carbonyl (C=O) groups is 1. The van der Waals surface area contributed by atoms with Crippen LogP contribution in [-0.2, 0) is 23.8 Å². The second-order valence-corrected chi connectivity index (χ2v) is 4.18. The first-order valence-corrected chi connectivity index (χ1v) is 7.29. The van der Waals surface area contributed by atoms with Gasteiger partial charge in [-0.25, -0.2) is 5.48 Å². The Morgan fingerprint density at radius 3 is 2.10 bits per heavy atom. The van der Waals surface area contributed by atoms with E-state index in [1.165, 1.54) is 0 Å². The van der Waals surface area contributed by atoms with Crippen LogP contribution in [0.4, 0.5) is 0 Å². The van der Waals surface area contributed by atoms with Gasteiger partial charge in [0.2, 0.25) is 5.91 Å². The molecule has 0 heterocycles. The zero-order chi connectivity index (χ0) is 15.6. The lowest BCUT2D eigenvalue weighted by Crippen LogP contribution is -2.30. The van der Waals surface area contributed by atoms with Crippen molar-refractivity contribution in [2.24, 2.45) is 5.73 Å². The van der Waals surface area contributed by atoms with Crippen molar-refractivity contribution >= 4 is 5.91 Å². The number of ether oxygens (including phenoxy) is 3. The number of amides is 1. The smallest absolute Gasteiger partial charge is 0.248 e. The van der Waals surface area contributed by atoms with Crippen molar-refractivity contribution in [1.29, 1.82) is 0 Å². The largest absolute Gasteiger partial charge is 0.379 e. The van der Waals surface area contributed by atoms with Gasteiger partial charge in [-0.05, 0) is 19.4 Å². The zero-order valence-electron chi connectivity index (χ0n) is 12.9. The molecule has 0 saturated carbocycles. The third kappa shape index (κ3) is 17.2. The fourth-order valence-electron chi connectivity index (χ4n) is 1.32. The average molecular weight is 307 g/mol. The first-order valence-electron chi connectivity index (χ1n) is 7.29. The Balaban J connectivity index is 3.04. The predicted octanol–water partition coefficient (Wildman–Crippen LogP) is -0.958. The van der Waals surface area contributed by atoms with Crippen LogP contribution in [-0.4, -0.2) is 72.3 Å². The van der Waals surface area contributed by atoms with Crippen molar-refractivity contribution in [3.8, 4) is 0 Å². The molecule has 8 heteroatoms. The van der Waals surface area contributed by atoms with Crippen molar-refractivity contribution in [1.82, 2.24) is 10.8 Å². The molecule has 0 saturated heterocycles. The van der Waals surface area contributed by atoms with Crippen molar-refractivity contribution in [3.05, 3.63) is 0 Å². The Morgan fingerprint density at radius 2 is 1.52 bits per heavy atom. The molecule has 0 unspecified atom stereocenters. The van der Waals surface area contributed by atoms with Crippen LogP contribution in [0.2, 0.25) is 0 Å². The van der Waals surface area contributed by atoms with Gasteiger partial charge < -0.3 is 25.3 Å². The summed E-state index contributed by atoms with van der Waals surface area (Å²) in [6.45, 7) is 4.74. The van der Waals surface area contributed by atoms with E-state index in [0.29, 0.717) is 52.7 Å². The highest BCUT2D eigenvalue weighted by Gasteiger charge is 1.99. The number of carbonyl (C=O) groups excluding carboxylic acids is 1.